The Kier molecular flexibility index (Phi) is 5.47. The average Bonchev–Trinajstić information content (AvgIpc) is 2.00. The highest BCUT2D eigenvalue weighted by Crippen LogP contribution is 1.89. The topological polar surface area (TPSA) is 40.5 Å². The van der Waals surface area contributed by atoms with Crippen molar-refractivity contribution in [3.05, 3.63) is 12.2 Å². The Labute approximate surface area is 67.3 Å². The molecule has 11 heavy (non-hydrogen) atoms. The van der Waals surface area contributed by atoms with Crippen LogP contribution < -0.4 is 0 Å². The zero-order valence-electron chi connectivity index (χ0n) is 7.08. The van der Waals surface area contributed by atoms with Crippen LogP contribution in [0.25, 0.3) is 0 Å². The van der Waals surface area contributed by atoms with Crippen molar-refractivity contribution in [3.63, 3.8) is 0 Å². The summed E-state index contributed by atoms with van der Waals surface area (Å²) in [7, 11) is 0. The fraction of sp³-hybridized carbons (Fsp3) is 0.625. The standard InChI is InChI=1S/C8H15NO2/c1-3-5-8(11)9(4-2)6-7-10/h3,5,10H,4,6-7H2,1-2H3/b5-3-. The van der Waals surface area contributed by atoms with Crippen molar-refractivity contribution in [3.8, 4) is 0 Å². The van der Waals surface area contributed by atoms with Gasteiger partial charge in [0.15, 0.2) is 0 Å². The summed E-state index contributed by atoms with van der Waals surface area (Å²) in [6, 6.07) is 0. The van der Waals surface area contributed by atoms with Gasteiger partial charge in [-0.2, -0.15) is 0 Å². The summed E-state index contributed by atoms with van der Waals surface area (Å²) in [6.07, 6.45) is 3.20. The van der Waals surface area contributed by atoms with Crippen LogP contribution in [0.2, 0.25) is 0 Å². The quantitative estimate of drug-likeness (QED) is 0.600. The monoisotopic (exact) mass is 157 g/mol. The van der Waals surface area contributed by atoms with E-state index < -0.39 is 0 Å². The van der Waals surface area contributed by atoms with E-state index in [2.05, 4.69) is 0 Å². The van der Waals surface area contributed by atoms with E-state index in [1.54, 1.807) is 17.9 Å². The Hall–Kier alpha value is -0.830. The maximum absolute atomic E-state index is 11.1. The van der Waals surface area contributed by atoms with Gasteiger partial charge in [0.05, 0.1) is 6.61 Å². The summed E-state index contributed by atoms with van der Waals surface area (Å²) in [5.41, 5.74) is 0. The lowest BCUT2D eigenvalue weighted by molar-refractivity contribution is -0.126. The molecule has 0 bridgehead atoms. The molecule has 0 aromatic rings. The number of amides is 1. The van der Waals surface area contributed by atoms with Crippen molar-refractivity contribution in [2.45, 2.75) is 13.8 Å². The maximum Gasteiger partial charge on any atom is 0.246 e. The second-order valence-corrected chi connectivity index (χ2v) is 2.14. The number of rotatable bonds is 4. The van der Waals surface area contributed by atoms with Gasteiger partial charge in [-0.25, -0.2) is 0 Å². The molecule has 0 radical (unpaired) electrons. The first-order chi connectivity index (χ1) is 5.26. The summed E-state index contributed by atoms with van der Waals surface area (Å²) >= 11 is 0. The van der Waals surface area contributed by atoms with Crippen molar-refractivity contribution in [2.24, 2.45) is 0 Å². The van der Waals surface area contributed by atoms with E-state index in [1.807, 2.05) is 6.92 Å². The van der Waals surface area contributed by atoms with Gasteiger partial charge in [0.25, 0.3) is 0 Å². The average molecular weight is 157 g/mol. The van der Waals surface area contributed by atoms with Gasteiger partial charge in [-0.1, -0.05) is 6.08 Å². The first-order valence-corrected chi connectivity index (χ1v) is 3.78. The first kappa shape index (κ1) is 10.2. The van der Waals surface area contributed by atoms with Crippen molar-refractivity contribution in [1.82, 2.24) is 4.90 Å². The number of likely N-dealkylation sites (N-methyl/N-ethyl adjacent to an activating group) is 1. The number of carbonyl (C=O) groups is 1. The molecule has 0 aliphatic carbocycles. The highest BCUT2D eigenvalue weighted by atomic mass is 16.3. The molecular formula is C8H15NO2. The molecule has 0 spiro atoms. The lowest BCUT2D eigenvalue weighted by Crippen LogP contribution is -2.31. The van der Waals surface area contributed by atoms with Gasteiger partial charge < -0.3 is 10.0 Å². The van der Waals surface area contributed by atoms with Gasteiger partial charge in [-0.3, -0.25) is 4.79 Å². The molecule has 0 atom stereocenters. The zero-order valence-corrected chi connectivity index (χ0v) is 7.08. The molecule has 3 heteroatoms. The fourth-order valence-electron chi connectivity index (χ4n) is 0.793. The smallest absolute Gasteiger partial charge is 0.246 e. The fourth-order valence-corrected chi connectivity index (χ4v) is 0.793. The van der Waals surface area contributed by atoms with Crippen LogP contribution in [-0.2, 0) is 4.79 Å². The molecule has 0 aromatic heterocycles. The number of nitrogens with zero attached hydrogens (tertiary/aromatic N) is 1. The van der Waals surface area contributed by atoms with Crippen LogP contribution in [0.1, 0.15) is 13.8 Å². The molecule has 0 aliphatic heterocycles. The van der Waals surface area contributed by atoms with Crippen LogP contribution in [0.5, 0.6) is 0 Å². The van der Waals surface area contributed by atoms with Crippen molar-refractivity contribution in [2.75, 3.05) is 19.7 Å². The van der Waals surface area contributed by atoms with E-state index in [0.717, 1.165) is 0 Å². The van der Waals surface area contributed by atoms with E-state index in [1.165, 1.54) is 6.08 Å². The molecule has 0 fully saturated rings. The maximum atomic E-state index is 11.1. The lowest BCUT2D eigenvalue weighted by atomic mass is 10.4. The third kappa shape index (κ3) is 3.78. The van der Waals surface area contributed by atoms with E-state index in [-0.39, 0.29) is 12.5 Å². The number of allylic oxidation sites excluding steroid dienone is 1. The van der Waals surface area contributed by atoms with Gasteiger partial charge in [0.2, 0.25) is 5.91 Å². The molecule has 1 N–H and O–H groups in total. The van der Waals surface area contributed by atoms with Crippen LogP contribution >= 0.6 is 0 Å². The Balaban J connectivity index is 3.91. The third-order valence-electron chi connectivity index (χ3n) is 1.37. The predicted octanol–water partition coefficient (Wildman–Crippen LogP) is 0.403. The van der Waals surface area contributed by atoms with Crippen LogP contribution in [0, 0.1) is 0 Å². The highest BCUT2D eigenvalue weighted by molar-refractivity contribution is 5.87. The van der Waals surface area contributed by atoms with Gasteiger partial charge >= 0.3 is 0 Å². The molecule has 0 saturated heterocycles. The second kappa shape index (κ2) is 5.92. The number of aliphatic hydroxyl groups excluding tert-OH is 1. The van der Waals surface area contributed by atoms with Gasteiger partial charge in [0, 0.05) is 13.1 Å². The molecule has 0 rings (SSSR count). The number of hydrogen-bond acceptors (Lipinski definition) is 2. The molecule has 0 heterocycles. The summed E-state index contributed by atoms with van der Waals surface area (Å²) in [5, 5.41) is 8.57. The summed E-state index contributed by atoms with van der Waals surface area (Å²) < 4.78 is 0. The van der Waals surface area contributed by atoms with Crippen LogP contribution in [0.4, 0.5) is 0 Å². The van der Waals surface area contributed by atoms with E-state index in [0.29, 0.717) is 13.1 Å². The van der Waals surface area contributed by atoms with Crippen LogP contribution in [-0.4, -0.2) is 35.6 Å². The zero-order chi connectivity index (χ0) is 8.69. The molecular weight excluding hydrogens is 142 g/mol. The number of hydrogen-bond donors (Lipinski definition) is 1. The molecule has 1 amide bonds. The van der Waals surface area contributed by atoms with Gasteiger partial charge in [-0.05, 0) is 19.9 Å². The van der Waals surface area contributed by atoms with Crippen LogP contribution in [0.15, 0.2) is 12.2 Å². The summed E-state index contributed by atoms with van der Waals surface area (Å²) in [6.45, 7) is 4.77. The lowest BCUT2D eigenvalue weighted by Gasteiger charge is -2.16. The van der Waals surface area contributed by atoms with Crippen molar-refractivity contribution >= 4 is 5.91 Å². The number of aliphatic hydroxyl groups is 1. The molecule has 0 saturated carbocycles. The van der Waals surface area contributed by atoms with Crippen LogP contribution in [0.3, 0.4) is 0 Å². The third-order valence-corrected chi connectivity index (χ3v) is 1.37. The molecule has 0 unspecified atom stereocenters. The predicted molar refractivity (Wildman–Crippen MR) is 44.2 cm³/mol. The summed E-state index contributed by atoms with van der Waals surface area (Å²) in [5.74, 6) is -0.0379. The minimum atomic E-state index is -0.0379. The Bertz CT molecular complexity index is 143. The summed E-state index contributed by atoms with van der Waals surface area (Å²) in [4.78, 5) is 12.7. The van der Waals surface area contributed by atoms with Gasteiger partial charge in [0.1, 0.15) is 0 Å². The largest absolute Gasteiger partial charge is 0.395 e. The van der Waals surface area contributed by atoms with E-state index >= 15 is 0 Å². The Morgan fingerprint density at radius 2 is 2.27 bits per heavy atom. The highest BCUT2D eigenvalue weighted by Gasteiger charge is 2.05. The Morgan fingerprint density at radius 3 is 2.64 bits per heavy atom. The molecule has 0 aliphatic rings. The van der Waals surface area contributed by atoms with E-state index in [9.17, 15) is 4.79 Å². The second-order valence-electron chi connectivity index (χ2n) is 2.14. The minimum Gasteiger partial charge on any atom is -0.395 e. The SMILES string of the molecule is C/C=C\C(=O)N(CC)CCO. The molecule has 0 aromatic carbocycles. The minimum absolute atomic E-state index is 0.0249. The molecule has 3 nitrogen and oxygen atoms in total. The normalized spacial score (nSPS) is 10.5. The van der Waals surface area contributed by atoms with Gasteiger partial charge in [-0.15, -0.1) is 0 Å². The van der Waals surface area contributed by atoms with Crippen molar-refractivity contribution < 1.29 is 9.90 Å². The first-order valence-electron chi connectivity index (χ1n) is 3.78. The Morgan fingerprint density at radius 1 is 1.64 bits per heavy atom. The number of carbonyl (C=O) groups excluding carboxylic acids is 1. The van der Waals surface area contributed by atoms with Crippen molar-refractivity contribution in [1.29, 1.82) is 0 Å². The molecule has 64 valence electrons. The van der Waals surface area contributed by atoms with E-state index in [4.69, 9.17) is 5.11 Å².